The van der Waals surface area contributed by atoms with Crippen molar-refractivity contribution < 1.29 is 0 Å². The number of aromatic nitrogens is 5. The molecule has 0 aliphatic heterocycles. The van der Waals surface area contributed by atoms with Gasteiger partial charge in [-0.25, -0.2) is 9.97 Å². The minimum absolute atomic E-state index is 0.0939. The summed E-state index contributed by atoms with van der Waals surface area (Å²) in [7, 11) is 0. The molecule has 5 rings (SSSR count). The van der Waals surface area contributed by atoms with Gasteiger partial charge < -0.3 is 5.32 Å². The molecule has 4 heterocycles. The Morgan fingerprint density at radius 3 is 2.58 bits per heavy atom. The zero-order valence-electron chi connectivity index (χ0n) is 17.1. The third kappa shape index (κ3) is 3.30. The van der Waals surface area contributed by atoms with E-state index in [4.69, 9.17) is 0 Å². The Morgan fingerprint density at radius 2 is 1.74 bits per heavy atom. The number of hydrogen-bond donors (Lipinski definition) is 1. The van der Waals surface area contributed by atoms with E-state index >= 15 is 0 Å². The van der Waals surface area contributed by atoms with Gasteiger partial charge in [0.2, 0.25) is 0 Å². The van der Waals surface area contributed by atoms with Crippen LogP contribution in [0.3, 0.4) is 0 Å². The van der Waals surface area contributed by atoms with Crippen molar-refractivity contribution in [3.8, 4) is 5.69 Å². The molecule has 5 aromatic rings. The fraction of sp³-hybridized carbons (Fsp3) is 0.125. The summed E-state index contributed by atoms with van der Waals surface area (Å²) in [5.74, 6) is 0.613. The topological polar surface area (TPSA) is 85.6 Å². The summed E-state index contributed by atoms with van der Waals surface area (Å²) < 4.78 is 1.74. The average molecular weight is 408 g/mol. The van der Waals surface area contributed by atoms with Gasteiger partial charge >= 0.3 is 0 Å². The van der Waals surface area contributed by atoms with Crippen LogP contribution >= 0.6 is 0 Å². The summed E-state index contributed by atoms with van der Waals surface area (Å²) in [4.78, 5) is 31.1. The SMILES string of the molecule is Cc1ccnc2cc(C(C)Nc3ncnc4cccnc34)n(-c3ccccc3)c(=O)c12. The van der Waals surface area contributed by atoms with Gasteiger partial charge in [0.25, 0.3) is 5.56 Å². The molecular formula is C24H20N6O. The summed E-state index contributed by atoms with van der Waals surface area (Å²) >= 11 is 0. The maximum absolute atomic E-state index is 13.6. The number of nitrogens with one attached hydrogen (secondary N) is 1. The third-order valence-electron chi connectivity index (χ3n) is 5.35. The minimum Gasteiger partial charge on any atom is -0.360 e. The van der Waals surface area contributed by atoms with E-state index < -0.39 is 0 Å². The van der Waals surface area contributed by atoms with Gasteiger partial charge in [0, 0.05) is 18.1 Å². The largest absolute Gasteiger partial charge is 0.360 e. The molecular weight excluding hydrogens is 388 g/mol. The summed E-state index contributed by atoms with van der Waals surface area (Å²) in [5, 5.41) is 4.04. The highest BCUT2D eigenvalue weighted by Gasteiger charge is 2.19. The molecule has 0 spiro atoms. The molecule has 31 heavy (non-hydrogen) atoms. The molecule has 7 heteroatoms. The monoisotopic (exact) mass is 408 g/mol. The van der Waals surface area contributed by atoms with Gasteiger partial charge in [0.1, 0.15) is 11.8 Å². The van der Waals surface area contributed by atoms with Crippen molar-refractivity contribution in [2.45, 2.75) is 19.9 Å². The molecule has 4 aromatic heterocycles. The van der Waals surface area contributed by atoms with Crippen LogP contribution in [0.2, 0.25) is 0 Å². The van der Waals surface area contributed by atoms with Crippen LogP contribution in [0.5, 0.6) is 0 Å². The van der Waals surface area contributed by atoms with Crippen LogP contribution in [-0.4, -0.2) is 24.5 Å². The Bertz CT molecular complexity index is 1460. The normalized spacial score (nSPS) is 12.2. The van der Waals surface area contributed by atoms with E-state index in [-0.39, 0.29) is 11.6 Å². The molecule has 0 saturated carbocycles. The zero-order valence-corrected chi connectivity index (χ0v) is 17.1. The highest BCUT2D eigenvalue weighted by atomic mass is 16.1. The van der Waals surface area contributed by atoms with Crippen LogP contribution in [-0.2, 0) is 0 Å². The van der Waals surface area contributed by atoms with Crippen molar-refractivity contribution in [2.24, 2.45) is 0 Å². The molecule has 1 atom stereocenters. The van der Waals surface area contributed by atoms with Gasteiger partial charge in [-0.05, 0) is 55.8 Å². The maximum atomic E-state index is 13.6. The highest BCUT2D eigenvalue weighted by Crippen LogP contribution is 2.26. The van der Waals surface area contributed by atoms with Crippen LogP contribution in [0.25, 0.3) is 27.6 Å². The van der Waals surface area contributed by atoms with E-state index in [2.05, 4.69) is 25.3 Å². The second kappa shape index (κ2) is 7.60. The Balaban J connectivity index is 1.71. The van der Waals surface area contributed by atoms with Crippen molar-refractivity contribution in [2.75, 3.05) is 5.32 Å². The molecule has 0 radical (unpaired) electrons. The molecule has 0 aliphatic carbocycles. The number of nitrogens with zero attached hydrogens (tertiary/aromatic N) is 5. The predicted octanol–water partition coefficient (Wildman–Crippen LogP) is 4.21. The van der Waals surface area contributed by atoms with E-state index in [1.54, 1.807) is 17.0 Å². The van der Waals surface area contributed by atoms with E-state index in [0.717, 1.165) is 22.5 Å². The van der Waals surface area contributed by atoms with Crippen molar-refractivity contribution in [3.63, 3.8) is 0 Å². The van der Waals surface area contributed by atoms with Crippen molar-refractivity contribution >= 4 is 27.8 Å². The second-order valence-electron chi connectivity index (χ2n) is 7.39. The van der Waals surface area contributed by atoms with Crippen LogP contribution in [0.1, 0.15) is 24.2 Å². The average Bonchev–Trinajstić information content (AvgIpc) is 2.79. The molecule has 152 valence electrons. The van der Waals surface area contributed by atoms with Crippen LogP contribution in [0.4, 0.5) is 5.82 Å². The number of benzene rings is 1. The van der Waals surface area contributed by atoms with Crippen LogP contribution in [0.15, 0.2) is 78.1 Å². The van der Waals surface area contributed by atoms with E-state index in [1.165, 1.54) is 6.33 Å². The van der Waals surface area contributed by atoms with E-state index in [1.807, 2.05) is 68.4 Å². The van der Waals surface area contributed by atoms with Gasteiger partial charge in [0.05, 0.1) is 28.2 Å². The lowest BCUT2D eigenvalue weighted by Crippen LogP contribution is -2.26. The number of pyridine rings is 3. The summed E-state index contributed by atoms with van der Waals surface area (Å²) in [6, 6.07) is 16.9. The minimum atomic E-state index is -0.250. The third-order valence-corrected chi connectivity index (χ3v) is 5.35. The van der Waals surface area contributed by atoms with Gasteiger partial charge in [-0.15, -0.1) is 0 Å². The van der Waals surface area contributed by atoms with Crippen LogP contribution < -0.4 is 10.9 Å². The van der Waals surface area contributed by atoms with Gasteiger partial charge in [0.15, 0.2) is 5.82 Å². The van der Waals surface area contributed by atoms with Gasteiger partial charge in [-0.2, -0.15) is 0 Å². The molecule has 7 nitrogen and oxygen atoms in total. The number of aryl methyl sites for hydroxylation is 1. The molecule has 0 fully saturated rings. The van der Waals surface area contributed by atoms with E-state index in [9.17, 15) is 4.79 Å². The molecule has 0 saturated heterocycles. The lowest BCUT2D eigenvalue weighted by Gasteiger charge is -2.21. The van der Waals surface area contributed by atoms with Crippen molar-refractivity contribution in [1.82, 2.24) is 24.5 Å². The Hall–Kier alpha value is -4.13. The lowest BCUT2D eigenvalue weighted by molar-refractivity contribution is 0.773. The molecule has 0 aliphatic rings. The first-order chi connectivity index (χ1) is 15.1. The van der Waals surface area contributed by atoms with Crippen molar-refractivity contribution in [1.29, 1.82) is 0 Å². The smallest absolute Gasteiger partial charge is 0.265 e. The van der Waals surface area contributed by atoms with Gasteiger partial charge in [-0.1, -0.05) is 18.2 Å². The molecule has 1 unspecified atom stereocenters. The van der Waals surface area contributed by atoms with Gasteiger partial charge in [-0.3, -0.25) is 19.3 Å². The fourth-order valence-electron chi connectivity index (χ4n) is 3.84. The molecule has 0 amide bonds. The van der Waals surface area contributed by atoms with Crippen molar-refractivity contribution in [3.05, 3.63) is 94.9 Å². The standard InChI is InChI=1S/C24H20N6O/c1-15-10-12-25-19-13-20(30(24(31)21(15)19)17-7-4-3-5-8-17)16(2)29-23-22-18(27-14-28-23)9-6-11-26-22/h3-14,16H,1-2H3,(H,27,28,29). The number of anilines is 1. The molecule has 1 aromatic carbocycles. The highest BCUT2D eigenvalue weighted by molar-refractivity contribution is 5.85. The maximum Gasteiger partial charge on any atom is 0.265 e. The predicted molar refractivity (Wildman–Crippen MR) is 121 cm³/mol. The van der Waals surface area contributed by atoms with Crippen LogP contribution in [0, 0.1) is 6.92 Å². The first kappa shape index (κ1) is 18.9. The summed E-state index contributed by atoms with van der Waals surface area (Å²) in [6.07, 6.45) is 4.95. The number of hydrogen-bond acceptors (Lipinski definition) is 6. The second-order valence-corrected chi connectivity index (χ2v) is 7.39. The lowest BCUT2D eigenvalue weighted by atomic mass is 10.1. The zero-order chi connectivity index (χ0) is 21.4. The fourth-order valence-corrected chi connectivity index (χ4v) is 3.84. The Kier molecular flexibility index (Phi) is 4.63. The number of fused-ring (bicyclic) bond motifs is 2. The first-order valence-corrected chi connectivity index (χ1v) is 10.0. The summed E-state index contributed by atoms with van der Waals surface area (Å²) in [5.41, 5.74) is 4.49. The Morgan fingerprint density at radius 1 is 0.903 bits per heavy atom. The molecule has 0 bridgehead atoms. The quantitative estimate of drug-likeness (QED) is 0.480. The van der Waals surface area contributed by atoms with E-state index in [0.29, 0.717) is 22.2 Å². The molecule has 1 N–H and O–H groups in total. The number of para-hydroxylation sites is 1. The first-order valence-electron chi connectivity index (χ1n) is 10.0. The number of rotatable bonds is 4. The summed E-state index contributed by atoms with van der Waals surface area (Å²) in [6.45, 7) is 3.92. The Labute approximate surface area is 178 Å².